The van der Waals surface area contributed by atoms with Gasteiger partial charge in [0.1, 0.15) is 11.6 Å². The minimum atomic E-state index is 0.191. The third-order valence-corrected chi connectivity index (χ3v) is 5.34. The fourth-order valence-electron chi connectivity index (χ4n) is 3.47. The Labute approximate surface area is 168 Å². The number of imidazole rings is 1. The lowest BCUT2D eigenvalue weighted by atomic mass is 10.0. The van der Waals surface area contributed by atoms with Crippen molar-refractivity contribution in [3.05, 3.63) is 58.9 Å². The maximum Gasteiger partial charge on any atom is 0.119 e. The van der Waals surface area contributed by atoms with Gasteiger partial charge >= 0.3 is 0 Å². The second kappa shape index (κ2) is 9.24. The summed E-state index contributed by atoms with van der Waals surface area (Å²) in [5.41, 5.74) is 6.10. The Morgan fingerprint density at radius 3 is 2.43 bits per heavy atom. The van der Waals surface area contributed by atoms with Gasteiger partial charge in [-0.2, -0.15) is 0 Å². The van der Waals surface area contributed by atoms with Crippen LogP contribution in [-0.2, 0) is 13.0 Å². The molecular formula is C24H32N2O2. The molecule has 0 saturated carbocycles. The largest absolute Gasteiger partial charge is 0.494 e. The molecule has 4 nitrogen and oxygen atoms in total. The lowest BCUT2D eigenvalue weighted by molar-refractivity contribution is 0.285. The summed E-state index contributed by atoms with van der Waals surface area (Å²) in [4.78, 5) is 4.83. The van der Waals surface area contributed by atoms with Crippen LogP contribution in [-0.4, -0.2) is 27.9 Å². The Hall–Kier alpha value is -2.33. The summed E-state index contributed by atoms with van der Waals surface area (Å²) < 4.78 is 8.24. The van der Waals surface area contributed by atoms with Crippen molar-refractivity contribution in [1.29, 1.82) is 0 Å². The first-order valence-electron chi connectivity index (χ1n) is 10.3. The fourth-order valence-corrected chi connectivity index (χ4v) is 3.47. The number of hydrogen-bond acceptors (Lipinski definition) is 3. The van der Waals surface area contributed by atoms with E-state index in [-0.39, 0.29) is 6.61 Å². The zero-order chi connectivity index (χ0) is 20.1. The van der Waals surface area contributed by atoms with Crippen molar-refractivity contribution in [2.75, 3.05) is 13.2 Å². The molecule has 0 atom stereocenters. The second-order valence-corrected chi connectivity index (χ2v) is 7.86. The number of hydrogen-bond donors (Lipinski definition) is 1. The van der Waals surface area contributed by atoms with Gasteiger partial charge in [-0.05, 0) is 73.6 Å². The molecule has 0 aliphatic rings. The number of benzene rings is 2. The Morgan fingerprint density at radius 1 is 1.04 bits per heavy atom. The molecule has 0 unspecified atom stereocenters. The summed E-state index contributed by atoms with van der Waals surface area (Å²) in [7, 11) is 0. The normalized spacial score (nSPS) is 11.5. The molecular weight excluding hydrogens is 348 g/mol. The summed E-state index contributed by atoms with van der Waals surface area (Å²) in [5.74, 6) is 2.51. The smallest absolute Gasteiger partial charge is 0.119 e. The van der Waals surface area contributed by atoms with Gasteiger partial charge in [-0.25, -0.2) is 4.98 Å². The van der Waals surface area contributed by atoms with E-state index in [0.29, 0.717) is 12.5 Å². The summed E-state index contributed by atoms with van der Waals surface area (Å²) >= 11 is 0. The average Bonchev–Trinajstić information content (AvgIpc) is 3.00. The molecule has 1 heterocycles. The molecule has 0 aliphatic heterocycles. The molecule has 0 amide bonds. The van der Waals surface area contributed by atoms with E-state index in [1.807, 2.05) is 0 Å². The Bertz CT molecular complexity index is 910. The first kappa shape index (κ1) is 20.4. The molecule has 0 fully saturated rings. The average molecular weight is 381 g/mol. The molecule has 1 N–H and O–H groups in total. The van der Waals surface area contributed by atoms with Gasteiger partial charge in [-0.3, -0.25) is 0 Å². The summed E-state index contributed by atoms with van der Waals surface area (Å²) in [6.07, 6.45) is 2.44. The number of rotatable bonds is 9. The van der Waals surface area contributed by atoms with Gasteiger partial charge in [-0.15, -0.1) is 0 Å². The third-order valence-electron chi connectivity index (χ3n) is 5.34. The fraction of sp³-hybridized carbons (Fsp3) is 0.458. The van der Waals surface area contributed by atoms with E-state index >= 15 is 0 Å². The Kier molecular flexibility index (Phi) is 6.74. The van der Waals surface area contributed by atoms with Crippen molar-refractivity contribution in [3.63, 3.8) is 0 Å². The number of fused-ring (bicyclic) bond motifs is 1. The van der Waals surface area contributed by atoms with Crippen molar-refractivity contribution >= 4 is 11.0 Å². The molecule has 0 bridgehead atoms. The van der Waals surface area contributed by atoms with Crippen molar-refractivity contribution < 1.29 is 9.84 Å². The summed E-state index contributed by atoms with van der Waals surface area (Å²) in [6, 6.07) is 12.8. The number of ether oxygens (including phenoxy) is 1. The molecule has 4 heteroatoms. The van der Waals surface area contributed by atoms with Gasteiger partial charge in [0.25, 0.3) is 0 Å². The van der Waals surface area contributed by atoms with E-state index in [4.69, 9.17) is 9.72 Å². The zero-order valence-corrected chi connectivity index (χ0v) is 17.5. The molecule has 0 aliphatic carbocycles. The predicted molar refractivity (Wildman–Crippen MR) is 115 cm³/mol. The van der Waals surface area contributed by atoms with E-state index in [1.165, 1.54) is 22.2 Å². The molecule has 2 aromatic carbocycles. The number of aromatic nitrogens is 2. The highest BCUT2D eigenvalue weighted by molar-refractivity contribution is 5.78. The van der Waals surface area contributed by atoms with Crippen LogP contribution in [0.5, 0.6) is 5.75 Å². The number of nitrogens with zero attached hydrogens (tertiary/aromatic N) is 2. The van der Waals surface area contributed by atoms with Gasteiger partial charge in [-0.1, -0.05) is 26.0 Å². The van der Waals surface area contributed by atoms with Gasteiger partial charge in [0.05, 0.1) is 17.6 Å². The maximum atomic E-state index is 9.22. The summed E-state index contributed by atoms with van der Waals surface area (Å²) in [6.45, 7) is 10.4. The minimum Gasteiger partial charge on any atom is -0.494 e. The zero-order valence-electron chi connectivity index (χ0n) is 17.5. The highest BCUT2D eigenvalue weighted by Gasteiger charge is 2.12. The van der Waals surface area contributed by atoms with Crippen LogP contribution in [0.3, 0.4) is 0 Å². The topological polar surface area (TPSA) is 47.3 Å². The SMILES string of the molecule is Cc1cc2nc(CCCO)n(CCCOc3ccc(C(C)C)cc3)c2cc1C. The Balaban J connectivity index is 1.67. The molecule has 1 aromatic heterocycles. The monoisotopic (exact) mass is 380 g/mol. The van der Waals surface area contributed by atoms with E-state index < -0.39 is 0 Å². The molecule has 0 saturated heterocycles. The van der Waals surface area contributed by atoms with Crippen LogP contribution in [0.2, 0.25) is 0 Å². The second-order valence-electron chi connectivity index (χ2n) is 7.86. The number of aliphatic hydroxyl groups is 1. The van der Waals surface area contributed by atoms with E-state index in [2.05, 4.69) is 68.7 Å². The Morgan fingerprint density at radius 2 is 1.75 bits per heavy atom. The van der Waals surface area contributed by atoms with Gasteiger partial charge in [0, 0.05) is 19.6 Å². The van der Waals surface area contributed by atoms with Crippen molar-refractivity contribution in [3.8, 4) is 5.75 Å². The first-order chi connectivity index (χ1) is 13.5. The quantitative estimate of drug-likeness (QED) is 0.521. The van der Waals surface area contributed by atoms with Crippen LogP contribution >= 0.6 is 0 Å². The van der Waals surface area contributed by atoms with Crippen LogP contribution in [0, 0.1) is 13.8 Å². The molecule has 0 spiro atoms. The van der Waals surface area contributed by atoms with Crippen LogP contribution in [0.15, 0.2) is 36.4 Å². The highest BCUT2D eigenvalue weighted by Crippen LogP contribution is 2.23. The molecule has 150 valence electrons. The van der Waals surface area contributed by atoms with E-state index in [0.717, 1.165) is 42.9 Å². The van der Waals surface area contributed by atoms with Gasteiger partial charge < -0.3 is 14.4 Å². The third kappa shape index (κ3) is 4.74. The van der Waals surface area contributed by atoms with Crippen molar-refractivity contribution in [1.82, 2.24) is 9.55 Å². The molecule has 3 aromatic rings. The lowest BCUT2D eigenvalue weighted by Crippen LogP contribution is -2.08. The molecule has 0 radical (unpaired) electrons. The van der Waals surface area contributed by atoms with Gasteiger partial charge in [0.15, 0.2) is 0 Å². The lowest BCUT2D eigenvalue weighted by Gasteiger charge is -2.12. The van der Waals surface area contributed by atoms with E-state index in [1.54, 1.807) is 0 Å². The van der Waals surface area contributed by atoms with Crippen molar-refractivity contribution in [2.24, 2.45) is 0 Å². The standard InChI is InChI=1S/C24H32N2O2/c1-17(2)20-8-10-21(11-9-20)28-14-6-12-26-23-16-19(4)18(3)15-22(23)25-24(26)7-5-13-27/h8-11,15-17,27H,5-7,12-14H2,1-4H3. The highest BCUT2D eigenvalue weighted by atomic mass is 16.5. The first-order valence-corrected chi connectivity index (χ1v) is 10.3. The van der Waals surface area contributed by atoms with E-state index in [9.17, 15) is 5.11 Å². The summed E-state index contributed by atoms with van der Waals surface area (Å²) in [5, 5.41) is 9.22. The van der Waals surface area contributed by atoms with Crippen LogP contribution < -0.4 is 4.74 Å². The van der Waals surface area contributed by atoms with Crippen LogP contribution in [0.25, 0.3) is 11.0 Å². The van der Waals surface area contributed by atoms with Crippen LogP contribution in [0.4, 0.5) is 0 Å². The minimum absolute atomic E-state index is 0.191. The van der Waals surface area contributed by atoms with Crippen molar-refractivity contribution in [2.45, 2.75) is 59.4 Å². The van der Waals surface area contributed by atoms with Crippen LogP contribution in [0.1, 0.15) is 55.1 Å². The maximum absolute atomic E-state index is 9.22. The predicted octanol–water partition coefficient (Wildman–Crippen LogP) is 5.17. The number of aryl methyl sites for hydroxylation is 4. The van der Waals surface area contributed by atoms with Gasteiger partial charge in [0.2, 0.25) is 0 Å². The number of aliphatic hydroxyl groups excluding tert-OH is 1. The molecule has 28 heavy (non-hydrogen) atoms. The molecule has 3 rings (SSSR count).